The molecule has 4 nitrogen and oxygen atoms in total. The summed E-state index contributed by atoms with van der Waals surface area (Å²) in [5, 5.41) is 3.96. The Morgan fingerprint density at radius 3 is 3.00 bits per heavy atom. The van der Waals surface area contributed by atoms with E-state index < -0.39 is 0 Å². The lowest BCUT2D eigenvalue weighted by Crippen LogP contribution is -2.49. The Hall–Kier alpha value is -1.10. The highest BCUT2D eigenvalue weighted by Crippen LogP contribution is 2.28. The van der Waals surface area contributed by atoms with Crippen LogP contribution < -0.4 is 5.32 Å². The molecule has 0 saturated carbocycles. The highest BCUT2D eigenvalue weighted by atomic mass is 35.5. The minimum atomic E-state index is -0.122. The third-order valence-corrected chi connectivity index (χ3v) is 4.33. The molecule has 108 valence electrons. The van der Waals surface area contributed by atoms with E-state index in [4.69, 9.17) is 16.3 Å². The van der Waals surface area contributed by atoms with Gasteiger partial charge in [0.2, 0.25) is 5.91 Å². The first-order valence-electron chi connectivity index (χ1n) is 7.14. The molecule has 5 heteroatoms. The van der Waals surface area contributed by atoms with Crippen LogP contribution in [-0.4, -0.2) is 43.1 Å². The molecule has 2 aliphatic heterocycles. The Balaban J connectivity index is 1.70. The normalized spacial score (nSPS) is 26.8. The van der Waals surface area contributed by atoms with E-state index in [-0.39, 0.29) is 18.1 Å². The highest BCUT2D eigenvalue weighted by molar-refractivity contribution is 6.31. The molecule has 0 unspecified atom stereocenters. The maximum atomic E-state index is 12.4. The van der Waals surface area contributed by atoms with Gasteiger partial charge in [0, 0.05) is 17.1 Å². The second kappa shape index (κ2) is 6.12. The fourth-order valence-corrected chi connectivity index (χ4v) is 3.15. The van der Waals surface area contributed by atoms with E-state index in [1.807, 2.05) is 29.2 Å². The zero-order valence-electron chi connectivity index (χ0n) is 11.3. The van der Waals surface area contributed by atoms with E-state index in [0.717, 1.165) is 24.9 Å². The van der Waals surface area contributed by atoms with E-state index in [0.29, 0.717) is 24.7 Å². The Bertz CT molecular complexity index is 489. The summed E-state index contributed by atoms with van der Waals surface area (Å²) in [5.41, 5.74) is 0.964. The monoisotopic (exact) mass is 294 g/mol. The van der Waals surface area contributed by atoms with E-state index in [1.54, 1.807) is 0 Å². The molecule has 2 heterocycles. The molecule has 0 aliphatic carbocycles. The number of rotatable bonds is 2. The second-order valence-corrected chi connectivity index (χ2v) is 5.72. The Kier molecular flexibility index (Phi) is 4.24. The molecule has 1 amide bonds. The Morgan fingerprint density at radius 2 is 2.25 bits per heavy atom. The van der Waals surface area contributed by atoms with Gasteiger partial charge in [-0.3, -0.25) is 4.79 Å². The number of nitrogens with one attached hydrogen (secondary N) is 1. The van der Waals surface area contributed by atoms with E-state index in [1.165, 1.54) is 0 Å². The van der Waals surface area contributed by atoms with Crippen LogP contribution in [-0.2, 0) is 9.53 Å². The van der Waals surface area contributed by atoms with Gasteiger partial charge >= 0.3 is 0 Å². The largest absolute Gasteiger partial charge is 0.370 e. The van der Waals surface area contributed by atoms with Gasteiger partial charge in [-0.1, -0.05) is 29.8 Å². The van der Waals surface area contributed by atoms with Crippen molar-refractivity contribution in [2.24, 2.45) is 0 Å². The summed E-state index contributed by atoms with van der Waals surface area (Å²) in [5.74, 6) is 0.197. The number of hydrogen-bond acceptors (Lipinski definition) is 3. The number of benzene rings is 1. The fourth-order valence-electron chi connectivity index (χ4n) is 2.89. The summed E-state index contributed by atoms with van der Waals surface area (Å²) in [6.07, 6.45) is 1.89. The molecule has 2 aliphatic rings. The molecular weight excluding hydrogens is 276 g/mol. The Morgan fingerprint density at radius 1 is 1.40 bits per heavy atom. The van der Waals surface area contributed by atoms with Gasteiger partial charge in [0.15, 0.2) is 0 Å². The number of halogens is 1. The SMILES string of the molecule is O=C([C@@H]1CCCN1)N1CCO[C@@H](c2ccccc2Cl)C1. The average Bonchev–Trinajstić information content (AvgIpc) is 3.01. The number of hydrogen-bond donors (Lipinski definition) is 1. The molecule has 0 aromatic heterocycles. The first-order valence-corrected chi connectivity index (χ1v) is 7.51. The number of carbonyl (C=O) groups excluding carboxylic acids is 1. The zero-order valence-corrected chi connectivity index (χ0v) is 12.1. The number of amides is 1. The van der Waals surface area contributed by atoms with E-state index in [9.17, 15) is 4.79 Å². The lowest BCUT2D eigenvalue weighted by Gasteiger charge is -2.35. The van der Waals surface area contributed by atoms with Crippen LogP contribution in [0.1, 0.15) is 24.5 Å². The summed E-state index contributed by atoms with van der Waals surface area (Å²) in [6.45, 7) is 2.75. The van der Waals surface area contributed by atoms with Crippen LogP contribution in [0.25, 0.3) is 0 Å². The molecule has 1 aromatic carbocycles. The summed E-state index contributed by atoms with van der Waals surface area (Å²) in [6, 6.07) is 7.66. The molecule has 1 aromatic rings. The first kappa shape index (κ1) is 13.9. The van der Waals surface area contributed by atoms with Crippen molar-refractivity contribution < 1.29 is 9.53 Å². The molecule has 2 saturated heterocycles. The van der Waals surface area contributed by atoms with Crippen molar-refractivity contribution >= 4 is 17.5 Å². The molecule has 3 rings (SSSR count). The van der Waals surface area contributed by atoms with Gasteiger partial charge < -0.3 is 15.0 Å². The smallest absolute Gasteiger partial charge is 0.239 e. The minimum Gasteiger partial charge on any atom is -0.370 e. The van der Waals surface area contributed by atoms with Crippen LogP contribution in [0.3, 0.4) is 0 Å². The Labute approximate surface area is 124 Å². The lowest BCUT2D eigenvalue weighted by atomic mass is 10.1. The van der Waals surface area contributed by atoms with Gasteiger partial charge in [0.1, 0.15) is 6.10 Å². The van der Waals surface area contributed by atoms with Crippen molar-refractivity contribution in [3.8, 4) is 0 Å². The summed E-state index contributed by atoms with van der Waals surface area (Å²) in [4.78, 5) is 14.3. The van der Waals surface area contributed by atoms with Gasteiger partial charge in [0.05, 0.1) is 19.2 Å². The van der Waals surface area contributed by atoms with Gasteiger partial charge in [0.25, 0.3) is 0 Å². The van der Waals surface area contributed by atoms with Crippen LogP contribution in [0.5, 0.6) is 0 Å². The van der Waals surface area contributed by atoms with Crippen LogP contribution >= 0.6 is 11.6 Å². The minimum absolute atomic E-state index is 0.0139. The highest BCUT2D eigenvalue weighted by Gasteiger charge is 2.31. The number of ether oxygens (including phenoxy) is 1. The van der Waals surface area contributed by atoms with E-state index in [2.05, 4.69) is 5.32 Å². The predicted molar refractivity (Wildman–Crippen MR) is 77.7 cm³/mol. The third kappa shape index (κ3) is 2.82. The van der Waals surface area contributed by atoms with Crippen molar-refractivity contribution in [2.75, 3.05) is 26.2 Å². The molecule has 20 heavy (non-hydrogen) atoms. The number of carbonyl (C=O) groups is 1. The van der Waals surface area contributed by atoms with Crippen molar-refractivity contribution in [3.05, 3.63) is 34.9 Å². The predicted octanol–water partition coefficient (Wildman–Crippen LogP) is 1.99. The molecule has 1 N–H and O–H groups in total. The molecule has 0 spiro atoms. The lowest BCUT2D eigenvalue weighted by molar-refractivity contribution is -0.140. The van der Waals surface area contributed by atoms with Crippen molar-refractivity contribution in [3.63, 3.8) is 0 Å². The number of nitrogens with zero attached hydrogens (tertiary/aromatic N) is 1. The van der Waals surface area contributed by atoms with Gasteiger partial charge in [-0.15, -0.1) is 0 Å². The van der Waals surface area contributed by atoms with Crippen molar-refractivity contribution in [1.82, 2.24) is 10.2 Å². The molecule has 2 fully saturated rings. The maximum absolute atomic E-state index is 12.4. The summed E-state index contributed by atoms with van der Waals surface area (Å²) >= 11 is 6.22. The van der Waals surface area contributed by atoms with Gasteiger partial charge in [-0.2, -0.15) is 0 Å². The molecule has 2 atom stereocenters. The van der Waals surface area contributed by atoms with Gasteiger partial charge in [-0.05, 0) is 25.5 Å². The van der Waals surface area contributed by atoms with Gasteiger partial charge in [-0.25, -0.2) is 0 Å². The topological polar surface area (TPSA) is 41.6 Å². The van der Waals surface area contributed by atoms with E-state index >= 15 is 0 Å². The first-order chi connectivity index (χ1) is 9.75. The van der Waals surface area contributed by atoms with Crippen LogP contribution in [0.15, 0.2) is 24.3 Å². The van der Waals surface area contributed by atoms with Crippen LogP contribution in [0.2, 0.25) is 5.02 Å². The van der Waals surface area contributed by atoms with Crippen molar-refractivity contribution in [2.45, 2.75) is 25.0 Å². The zero-order chi connectivity index (χ0) is 13.9. The van der Waals surface area contributed by atoms with Crippen LogP contribution in [0.4, 0.5) is 0 Å². The molecule has 0 radical (unpaired) electrons. The molecule has 0 bridgehead atoms. The molecular formula is C15H19ClN2O2. The van der Waals surface area contributed by atoms with Crippen LogP contribution in [0, 0.1) is 0 Å². The number of morpholine rings is 1. The fraction of sp³-hybridized carbons (Fsp3) is 0.533. The standard InChI is InChI=1S/C15H19ClN2O2/c16-12-5-2-1-4-11(12)14-10-18(8-9-20-14)15(19)13-6-3-7-17-13/h1-2,4-5,13-14,17H,3,6-10H2/t13-,14+/m0/s1. The summed E-state index contributed by atoms with van der Waals surface area (Å²) in [7, 11) is 0. The second-order valence-electron chi connectivity index (χ2n) is 5.31. The third-order valence-electron chi connectivity index (χ3n) is 3.99. The average molecular weight is 295 g/mol. The summed E-state index contributed by atoms with van der Waals surface area (Å²) < 4.78 is 5.79. The quantitative estimate of drug-likeness (QED) is 0.907. The van der Waals surface area contributed by atoms with Crippen molar-refractivity contribution in [1.29, 1.82) is 0 Å². The maximum Gasteiger partial charge on any atom is 0.239 e.